The second-order valence-electron chi connectivity index (χ2n) is 6.14. The van der Waals surface area contributed by atoms with Gasteiger partial charge in [0, 0.05) is 26.2 Å². The Balaban J connectivity index is 2.56. The van der Waals surface area contributed by atoms with Crippen molar-refractivity contribution in [2.45, 2.75) is 33.6 Å². The van der Waals surface area contributed by atoms with Gasteiger partial charge in [-0.05, 0) is 17.8 Å². The summed E-state index contributed by atoms with van der Waals surface area (Å²) in [6.45, 7) is 7.54. The molecule has 0 aromatic heterocycles. The Morgan fingerprint density at radius 1 is 1.39 bits per heavy atom. The summed E-state index contributed by atoms with van der Waals surface area (Å²) >= 11 is 0. The third-order valence-electron chi connectivity index (χ3n) is 2.83. The van der Waals surface area contributed by atoms with Gasteiger partial charge in [0.1, 0.15) is 6.54 Å². The standard InChI is InChI=1S/C13H23NO4/c1-13(2,3)9-14(7-12(16)17)11(15)6-10-4-5-18-8-10/h10H,4-9H2,1-3H3,(H,16,17). The lowest BCUT2D eigenvalue weighted by molar-refractivity contribution is -0.145. The van der Waals surface area contributed by atoms with Crippen molar-refractivity contribution in [1.29, 1.82) is 0 Å². The van der Waals surface area contributed by atoms with Crippen LogP contribution in [-0.2, 0) is 14.3 Å². The lowest BCUT2D eigenvalue weighted by atomic mass is 9.95. The first kappa shape index (κ1) is 15.0. The Hall–Kier alpha value is -1.10. The topological polar surface area (TPSA) is 66.8 Å². The molecule has 1 fully saturated rings. The molecule has 1 unspecified atom stereocenters. The van der Waals surface area contributed by atoms with E-state index in [4.69, 9.17) is 9.84 Å². The highest BCUT2D eigenvalue weighted by Crippen LogP contribution is 2.20. The number of rotatable bonds is 5. The minimum Gasteiger partial charge on any atom is -0.480 e. The Bertz CT molecular complexity index is 303. The van der Waals surface area contributed by atoms with Crippen molar-refractivity contribution in [3.8, 4) is 0 Å². The van der Waals surface area contributed by atoms with Gasteiger partial charge < -0.3 is 14.7 Å². The van der Waals surface area contributed by atoms with Crippen LogP contribution in [0.2, 0.25) is 0 Å². The molecule has 1 heterocycles. The van der Waals surface area contributed by atoms with Crippen molar-refractivity contribution in [3.05, 3.63) is 0 Å². The monoisotopic (exact) mass is 257 g/mol. The SMILES string of the molecule is CC(C)(C)CN(CC(=O)O)C(=O)CC1CCOC1. The van der Waals surface area contributed by atoms with Gasteiger partial charge in [-0.2, -0.15) is 0 Å². The maximum absolute atomic E-state index is 12.1. The molecule has 1 aliphatic heterocycles. The van der Waals surface area contributed by atoms with E-state index >= 15 is 0 Å². The first-order valence-electron chi connectivity index (χ1n) is 6.35. The van der Waals surface area contributed by atoms with E-state index in [1.165, 1.54) is 4.90 Å². The molecular weight excluding hydrogens is 234 g/mol. The summed E-state index contributed by atoms with van der Waals surface area (Å²) in [6.07, 6.45) is 1.28. The highest BCUT2D eigenvalue weighted by molar-refractivity contribution is 5.81. The number of ether oxygens (including phenoxy) is 1. The Kier molecular flexibility index (Phi) is 5.14. The van der Waals surface area contributed by atoms with Crippen molar-refractivity contribution in [3.63, 3.8) is 0 Å². The molecule has 0 aromatic rings. The first-order chi connectivity index (χ1) is 8.28. The lowest BCUT2D eigenvalue weighted by Gasteiger charge is -2.29. The fourth-order valence-electron chi connectivity index (χ4n) is 2.09. The lowest BCUT2D eigenvalue weighted by Crippen LogP contribution is -2.41. The van der Waals surface area contributed by atoms with Crippen LogP contribution in [0, 0.1) is 11.3 Å². The Labute approximate surface area is 108 Å². The van der Waals surface area contributed by atoms with Crippen molar-refractivity contribution in [2.75, 3.05) is 26.3 Å². The van der Waals surface area contributed by atoms with Gasteiger partial charge >= 0.3 is 5.97 Å². The van der Waals surface area contributed by atoms with Crippen LogP contribution in [0.25, 0.3) is 0 Å². The second kappa shape index (κ2) is 6.18. The number of amides is 1. The third kappa shape index (κ3) is 5.49. The van der Waals surface area contributed by atoms with Gasteiger partial charge in [0.2, 0.25) is 5.91 Å². The predicted octanol–water partition coefficient (Wildman–Crippen LogP) is 1.37. The van der Waals surface area contributed by atoms with Crippen LogP contribution < -0.4 is 0 Å². The quantitative estimate of drug-likeness (QED) is 0.808. The summed E-state index contributed by atoms with van der Waals surface area (Å²) in [4.78, 5) is 24.4. The minimum atomic E-state index is -0.963. The zero-order valence-electron chi connectivity index (χ0n) is 11.4. The molecule has 5 heteroatoms. The smallest absolute Gasteiger partial charge is 0.323 e. The summed E-state index contributed by atoms with van der Waals surface area (Å²) in [5.41, 5.74) is -0.0999. The van der Waals surface area contributed by atoms with E-state index in [2.05, 4.69) is 0 Å². The molecule has 18 heavy (non-hydrogen) atoms. The highest BCUT2D eigenvalue weighted by atomic mass is 16.5. The molecular formula is C13H23NO4. The van der Waals surface area contributed by atoms with Crippen LogP contribution in [0.3, 0.4) is 0 Å². The summed E-state index contributed by atoms with van der Waals surface area (Å²) in [7, 11) is 0. The minimum absolute atomic E-state index is 0.0807. The van der Waals surface area contributed by atoms with Gasteiger partial charge in [-0.15, -0.1) is 0 Å². The largest absolute Gasteiger partial charge is 0.480 e. The molecule has 0 bridgehead atoms. The van der Waals surface area contributed by atoms with Crippen molar-refractivity contribution in [1.82, 2.24) is 4.90 Å². The van der Waals surface area contributed by atoms with E-state index in [0.29, 0.717) is 26.2 Å². The molecule has 1 saturated heterocycles. The molecule has 104 valence electrons. The molecule has 1 N–H and O–H groups in total. The summed E-state index contributed by atoms with van der Waals surface area (Å²) in [6, 6.07) is 0. The van der Waals surface area contributed by atoms with Gasteiger partial charge in [-0.1, -0.05) is 20.8 Å². The first-order valence-corrected chi connectivity index (χ1v) is 6.35. The highest BCUT2D eigenvalue weighted by Gasteiger charge is 2.26. The van der Waals surface area contributed by atoms with Gasteiger partial charge in [0.15, 0.2) is 0 Å². The average molecular weight is 257 g/mol. The molecule has 1 amide bonds. The zero-order valence-corrected chi connectivity index (χ0v) is 11.4. The van der Waals surface area contributed by atoms with E-state index in [9.17, 15) is 9.59 Å². The second-order valence-corrected chi connectivity index (χ2v) is 6.14. The Morgan fingerprint density at radius 2 is 2.06 bits per heavy atom. The molecule has 1 aliphatic rings. The summed E-state index contributed by atoms with van der Waals surface area (Å²) in [5, 5.41) is 8.87. The van der Waals surface area contributed by atoms with Crippen molar-refractivity contribution >= 4 is 11.9 Å². The molecule has 0 aromatic carbocycles. The maximum Gasteiger partial charge on any atom is 0.323 e. The van der Waals surface area contributed by atoms with Gasteiger partial charge in [0.05, 0.1) is 0 Å². The van der Waals surface area contributed by atoms with Crippen molar-refractivity contribution < 1.29 is 19.4 Å². The number of carboxylic acids is 1. The van der Waals surface area contributed by atoms with E-state index < -0.39 is 5.97 Å². The third-order valence-corrected chi connectivity index (χ3v) is 2.83. The summed E-state index contributed by atoms with van der Waals surface area (Å²) in [5.74, 6) is -0.799. The van der Waals surface area contributed by atoms with Crippen LogP contribution in [0.5, 0.6) is 0 Å². The predicted molar refractivity (Wildman–Crippen MR) is 67.2 cm³/mol. The summed E-state index contributed by atoms with van der Waals surface area (Å²) < 4.78 is 5.23. The average Bonchev–Trinajstić information content (AvgIpc) is 2.66. The van der Waals surface area contributed by atoms with Gasteiger partial charge in [-0.25, -0.2) is 0 Å². The van der Waals surface area contributed by atoms with Crippen LogP contribution in [0.4, 0.5) is 0 Å². The number of carbonyl (C=O) groups is 2. The van der Waals surface area contributed by atoms with E-state index in [0.717, 1.165) is 6.42 Å². The van der Waals surface area contributed by atoms with E-state index in [-0.39, 0.29) is 23.8 Å². The molecule has 1 rings (SSSR count). The van der Waals surface area contributed by atoms with Crippen LogP contribution in [-0.4, -0.2) is 48.2 Å². The molecule has 0 aliphatic carbocycles. The number of nitrogens with zero attached hydrogens (tertiary/aromatic N) is 1. The number of carboxylic acid groups (broad SMARTS) is 1. The number of hydrogen-bond acceptors (Lipinski definition) is 3. The van der Waals surface area contributed by atoms with Crippen LogP contribution in [0.15, 0.2) is 0 Å². The molecule has 1 atom stereocenters. The van der Waals surface area contributed by atoms with Crippen molar-refractivity contribution in [2.24, 2.45) is 11.3 Å². The maximum atomic E-state index is 12.1. The van der Waals surface area contributed by atoms with Gasteiger partial charge in [0.25, 0.3) is 0 Å². The number of hydrogen-bond donors (Lipinski definition) is 1. The normalized spacial score (nSPS) is 19.8. The van der Waals surface area contributed by atoms with Crippen LogP contribution in [0.1, 0.15) is 33.6 Å². The van der Waals surface area contributed by atoms with E-state index in [1.807, 2.05) is 20.8 Å². The van der Waals surface area contributed by atoms with Gasteiger partial charge in [-0.3, -0.25) is 9.59 Å². The molecule has 0 spiro atoms. The zero-order chi connectivity index (χ0) is 13.8. The fourth-order valence-corrected chi connectivity index (χ4v) is 2.09. The molecule has 0 radical (unpaired) electrons. The van der Waals surface area contributed by atoms with E-state index in [1.54, 1.807) is 0 Å². The molecule has 5 nitrogen and oxygen atoms in total. The molecule has 0 saturated carbocycles. The Morgan fingerprint density at radius 3 is 2.50 bits per heavy atom. The fraction of sp³-hybridized carbons (Fsp3) is 0.846. The number of carbonyl (C=O) groups excluding carboxylic acids is 1. The number of aliphatic carboxylic acids is 1. The van der Waals surface area contributed by atoms with Crippen LogP contribution >= 0.6 is 0 Å².